The fraction of sp³-hybridized carbons (Fsp3) is 0.407. The van der Waals surface area contributed by atoms with E-state index in [2.05, 4.69) is 15.6 Å². The smallest absolute Gasteiger partial charge is 0.417 e. The first-order chi connectivity index (χ1) is 18.2. The highest BCUT2D eigenvalue weighted by atomic mass is 16.6. The number of hydrogen-bond donors (Lipinski definition) is 2. The molecule has 2 aliphatic rings. The molecule has 0 aliphatic carbocycles. The lowest BCUT2D eigenvalue weighted by molar-refractivity contribution is -0.140. The SMILES string of the molecule is Cc1cccc(NC(=O)[C@@H]2CCCN2C(=O)[C@H](C)NC(=O)[C@@H]2CCC(=O)N2C(=O)OCc2ccccc2)n1. The molecule has 0 spiro atoms. The summed E-state index contributed by atoms with van der Waals surface area (Å²) in [7, 11) is 0. The van der Waals surface area contributed by atoms with Crippen molar-refractivity contribution in [2.45, 2.75) is 64.3 Å². The minimum atomic E-state index is -1.08. The number of carbonyl (C=O) groups is 5. The standard InChI is InChI=1S/C27H31N5O6/c1-17-8-6-12-22(28-17)30-24(34)20-11-7-15-31(20)26(36)18(2)29-25(35)21-13-14-23(33)32(21)27(37)38-16-19-9-4-3-5-10-19/h3-6,8-10,12,18,20-21H,7,11,13-16H2,1-2H3,(H,29,35)(H,28,30,34)/t18-,20-,21-/m0/s1. The predicted molar refractivity (Wildman–Crippen MR) is 136 cm³/mol. The van der Waals surface area contributed by atoms with E-state index >= 15 is 0 Å². The van der Waals surface area contributed by atoms with Gasteiger partial charge in [0.2, 0.25) is 23.6 Å². The Labute approximate surface area is 220 Å². The number of benzene rings is 1. The molecule has 200 valence electrons. The number of nitrogens with zero attached hydrogens (tertiary/aromatic N) is 3. The summed E-state index contributed by atoms with van der Waals surface area (Å²) in [5.74, 6) is -1.50. The molecule has 2 aromatic rings. The number of likely N-dealkylation sites (tertiary alicyclic amines) is 2. The van der Waals surface area contributed by atoms with Gasteiger partial charge in [-0.3, -0.25) is 19.2 Å². The lowest BCUT2D eigenvalue weighted by atomic mass is 10.1. The Morgan fingerprint density at radius 3 is 2.53 bits per heavy atom. The minimum absolute atomic E-state index is 0.0161. The van der Waals surface area contributed by atoms with Crippen molar-refractivity contribution in [1.29, 1.82) is 0 Å². The quantitative estimate of drug-likeness (QED) is 0.569. The molecule has 2 aliphatic heterocycles. The van der Waals surface area contributed by atoms with Crippen molar-refractivity contribution in [3.05, 3.63) is 59.8 Å². The number of hydrogen-bond acceptors (Lipinski definition) is 7. The molecule has 2 fully saturated rings. The number of rotatable bonds is 7. The average Bonchev–Trinajstić information content (AvgIpc) is 3.54. The molecule has 0 bridgehead atoms. The van der Waals surface area contributed by atoms with Gasteiger partial charge in [-0.1, -0.05) is 36.4 Å². The topological polar surface area (TPSA) is 138 Å². The maximum absolute atomic E-state index is 13.2. The second kappa shape index (κ2) is 11.8. The van der Waals surface area contributed by atoms with E-state index in [0.29, 0.717) is 25.2 Å². The first kappa shape index (κ1) is 26.8. The van der Waals surface area contributed by atoms with Gasteiger partial charge < -0.3 is 20.3 Å². The Morgan fingerprint density at radius 2 is 1.79 bits per heavy atom. The maximum Gasteiger partial charge on any atom is 0.417 e. The first-order valence-corrected chi connectivity index (χ1v) is 12.6. The summed E-state index contributed by atoms with van der Waals surface area (Å²) in [5.41, 5.74) is 1.50. The van der Waals surface area contributed by atoms with Gasteiger partial charge in [-0.15, -0.1) is 0 Å². The third-order valence-corrected chi connectivity index (χ3v) is 6.62. The summed E-state index contributed by atoms with van der Waals surface area (Å²) in [5, 5.41) is 5.37. The Morgan fingerprint density at radius 1 is 1.03 bits per heavy atom. The number of nitrogens with one attached hydrogen (secondary N) is 2. The second-order valence-electron chi connectivity index (χ2n) is 9.43. The molecule has 2 N–H and O–H groups in total. The van der Waals surface area contributed by atoms with Crippen molar-refractivity contribution in [3.8, 4) is 0 Å². The van der Waals surface area contributed by atoms with E-state index in [1.165, 1.54) is 11.8 Å². The van der Waals surface area contributed by atoms with E-state index in [1.807, 2.05) is 19.1 Å². The Kier molecular flexibility index (Phi) is 8.35. The summed E-state index contributed by atoms with van der Waals surface area (Å²) in [4.78, 5) is 70.7. The van der Waals surface area contributed by atoms with Gasteiger partial charge in [-0.2, -0.15) is 0 Å². The highest BCUT2D eigenvalue weighted by Crippen LogP contribution is 2.23. The van der Waals surface area contributed by atoms with Crippen molar-refractivity contribution in [2.75, 3.05) is 11.9 Å². The molecule has 2 saturated heterocycles. The van der Waals surface area contributed by atoms with E-state index in [-0.39, 0.29) is 25.4 Å². The van der Waals surface area contributed by atoms with Gasteiger partial charge in [0.15, 0.2) is 0 Å². The number of imide groups is 1. The fourth-order valence-corrected chi connectivity index (χ4v) is 4.70. The van der Waals surface area contributed by atoms with Crippen molar-refractivity contribution < 1.29 is 28.7 Å². The van der Waals surface area contributed by atoms with Crippen molar-refractivity contribution in [3.63, 3.8) is 0 Å². The highest BCUT2D eigenvalue weighted by Gasteiger charge is 2.43. The highest BCUT2D eigenvalue weighted by molar-refractivity contribution is 6.02. The number of ether oxygens (including phenoxy) is 1. The van der Waals surface area contributed by atoms with Crippen LogP contribution in [0, 0.1) is 6.92 Å². The molecule has 3 atom stereocenters. The zero-order valence-electron chi connectivity index (χ0n) is 21.4. The van der Waals surface area contributed by atoms with Crippen LogP contribution in [0.4, 0.5) is 10.6 Å². The van der Waals surface area contributed by atoms with Gasteiger partial charge in [0.05, 0.1) is 0 Å². The summed E-state index contributed by atoms with van der Waals surface area (Å²) in [6.45, 7) is 3.67. The Bertz CT molecular complexity index is 1220. The normalized spacial score (nSPS) is 19.7. The predicted octanol–water partition coefficient (Wildman–Crippen LogP) is 2.15. The van der Waals surface area contributed by atoms with Gasteiger partial charge in [0, 0.05) is 18.7 Å². The second-order valence-corrected chi connectivity index (χ2v) is 9.43. The third-order valence-electron chi connectivity index (χ3n) is 6.62. The molecule has 1 aromatic carbocycles. The summed E-state index contributed by atoms with van der Waals surface area (Å²) in [6, 6.07) is 11.5. The van der Waals surface area contributed by atoms with Crippen LogP contribution >= 0.6 is 0 Å². The third kappa shape index (κ3) is 6.16. The number of aromatic nitrogens is 1. The maximum atomic E-state index is 13.2. The van der Waals surface area contributed by atoms with Gasteiger partial charge in [0.25, 0.3) is 0 Å². The Balaban J connectivity index is 1.35. The zero-order chi connectivity index (χ0) is 27.2. The van der Waals surface area contributed by atoms with Crippen LogP contribution in [0.3, 0.4) is 0 Å². The number of amides is 5. The van der Waals surface area contributed by atoms with E-state index in [0.717, 1.165) is 16.2 Å². The molecule has 11 nitrogen and oxygen atoms in total. The van der Waals surface area contributed by atoms with E-state index in [4.69, 9.17) is 4.74 Å². The van der Waals surface area contributed by atoms with Crippen LogP contribution in [0.2, 0.25) is 0 Å². The average molecular weight is 522 g/mol. The first-order valence-electron chi connectivity index (χ1n) is 12.6. The molecule has 3 heterocycles. The van der Waals surface area contributed by atoms with Gasteiger partial charge in [0.1, 0.15) is 30.6 Å². The molecular weight excluding hydrogens is 490 g/mol. The number of anilines is 1. The molecule has 0 saturated carbocycles. The van der Waals surface area contributed by atoms with Gasteiger partial charge >= 0.3 is 6.09 Å². The van der Waals surface area contributed by atoms with Crippen LogP contribution in [0.25, 0.3) is 0 Å². The van der Waals surface area contributed by atoms with Gasteiger partial charge in [-0.05, 0) is 50.8 Å². The van der Waals surface area contributed by atoms with Crippen LogP contribution in [0.5, 0.6) is 0 Å². The van der Waals surface area contributed by atoms with Crippen molar-refractivity contribution in [2.24, 2.45) is 0 Å². The van der Waals surface area contributed by atoms with Crippen LogP contribution in [0.1, 0.15) is 43.9 Å². The fourth-order valence-electron chi connectivity index (χ4n) is 4.70. The lowest BCUT2D eigenvalue weighted by Crippen LogP contribution is -2.55. The molecule has 4 rings (SSSR count). The van der Waals surface area contributed by atoms with Crippen LogP contribution < -0.4 is 10.6 Å². The molecule has 38 heavy (non-hydrogen) atoms. The van der Waals surface area contributed by atoms with Crippen LogP contribution in [-0.4, -0.2) is 69.2 Å². The molecule has 5 amide bonds. The van der Waals surface area contributed by atoms with E-state index in [9.17, 15) is 24.0 Å². The van der Waals surface area contributed by atoms with Crippen molar-refractivity contribution >= 4 is 35.5 Å². The molecular formula is C27H31N5O6. The van der Waals surface area contributed by atoms with Crippen LogP contribution in [0.15, 0.2) is 48.5 Å². The van der Waals surface area contributed by atoms with E-state index in [1.54, 1.807) is 36.4 Å². The number of pyridine rings is 1. The largest absolute Gasteiger partial charge is 0.444 e. The number of aryl methyl sites for hydroxylation is 1. The zero-order valence-corrected chi connectivity index (χ0v) is 21.4. The number of carbonyl (C=O) groups excluding carboxylic acids is 5. The van der Waals surface area contributed by atoms with Crippen LogP contribution in [-0.2, 0) is 30.5 Å². The Hall–Kier alpha value is -4.28. The summed E-state index contributed by atoms with van der Waals surface area (Å²) < 4.78 is 5.25. The minimum Gasteiger partial charge on any atom is -0.444 e. The molecule has 1 aromatic heterocycles. The molecule has 11 heteroatoms. The molecule has 0 radical (unpaired) electrons. The monoisotopic (exact) mass is 521 g/mol. The lowest BCUT2D eigenvalue weighted by Gasteiger charge is -2.28. The summed E-state index contributed by atoms with van der Waals surface area (Å²) in [6.07, 6.45) is 0.370. The van der Waals surface area contributed by atoms with Gasteiger partial charge in [-0.25, -0.2) is 14.7 Å². The molecule has 0 unspecified atom stereocenters. The summed E-state index contributed by atoms with van der Waals surface area (Å²) >= 11 is 0. The van der Waals surface area contributed by atoms with E-state index < -0.39 is 41.9 Å². The van der Waals surface area contributed by atoms with Crippen molar-refractivity contribution in [1.82, 2.24) is 20.1 Å².